The number of hydrogen-bond donors (Lipinski definition) is 1. The van der Waals surface area contributed by atoms with Crippen LogP contribution in [-0.2, 0) is 0 Å². The summed E-state index contributed by atoms with van der Waals surface area (Å²) in [4.78, 5) is 0. The van der Waals surface area contributed by atoms with Gasteiger partial charge < -0.3 is 14.6 Å². The number of ether oxygens (including phenoxy) is 2. The van der Waals surface area contributed by atoms with Crippen molar-refractivity contribution in [2.75, 3.05) is 14.2 Å². The highest BCUT2D eigenvalue weighted by molar-refractivity contribution is 7.07. The van der Waals surface area contributed by atoms with Gasteiger partial charge in [0.1, 0.15) is 17.6 Å². The minimum absolute atomic E-state index is 0.628. The smallest absolute Gasteiger partial charge is 0.128 e. The predicted octanol–water partition coefficient (Wildman–Crippen LogP) is 2.85. The molecule has 1 N–H and O–H groups in total. The molecule has 0 radical (unpaired) electrons. The number of benzene rings is 1. The Balaban J connectivity index is 2.38. The van der Waals surface area contributed by atoms with E-state index in [2.05, 4.69) is 0 Å². The van der Waals surface area contributed by atoms with Crippen molar-refractivity contribution in [2.45, 2.75) is 6.10 Å². The second-order valence-corrected chi connectivity index (χ2v) is 4.35. The van der Waals surface area contributed by atoms with Crippen LogP contribution in [-0.4, -0.2) is 19.3 Å². The van der Waals surface area contributed by atoms with Crippen molar-refractivity contribution in [1.82, 2.24) is 0 Å². The van der Waals surface area contributed by atoms with Gasteiger partial charge in [-0.2, -0.15) is 11.3 Å². The maximum Gasteiger partial charge on any atom is 0.128 e. The maximum atomic E-state index is 10.2. The first-order chi connectivity index (χ1) is 8.26. The third-order valence-corrected chi connectivity index (χ3v) is 3.30. The van der Waals surface area contributed by atoms with Crippen molar-refractivity contribution >= 4 is 11.3 Å². The molecule has 0 spiro atoms. The van der Waals surface area contributed by atoms with Gasteiger partial charge in [-0.05, 0) is 34.5 Å². The standard InChI is InChI=1S/C13H14O3S/c1-15-10-3-4-11(12(7-10)16-2)13(14)9-5-6-17-8-9/h3-8,13-14H,1-2H3/t13-/m0/s1. The zero-order valence-electron chi connectivity index (χ0n) is 9.71. The summed E-state index contributed by atoms with van der Waals surface area (Å²) in [6.07, 6.45) is -0.665. The van der Waals surface area contributed by atoms with Crippen LogP contribution < -0.4 is 9.47 Å². The van der Waals surface area contributed by atoms with E-state index in [0.29, 0.717) is 11.5 Å². The molecule has 4 heteroatoms. The van der Waals surface area contributed by atoms with Crippen LogP contribution in [0.15, 0.2) is 35.0 Å². The summed E-state index contributed by atoms with van der Waals surface area (Å²) in [7, 11) is 3.18. The average molecular weight is 250 g/mol. The fourth-order valence-electron chi connectivity index (χ4n) is 1.65. The first kappa shape index (κ1) is 12.0. The van der Waals surface area contributed by atoms with E-state index in [-0.39, 0.29) is 0 Å². The molecule has 0 amide bonds. The summed E-state index contributed by atoms with van der Waals surface area (Å²) in [6.45, 7) is 0. The van der Waals surface area contributed by atoms with Gasteiger partial charge in [-0.3, -0.25) is 0 Å². The van der Waals surface area contributed by atoms with Gasteiger partial charge in [-0.15, -0.1) is 0 Å². The van der Waals surface area contributed by atoms with Crippen molar-refractivity contribution in [2.24, 2.45) is 0 Å². The van der Waals surface area contributed by atoms with E-state index >= 15 is 0 Å². The second kappa shape index (κ2) is 5.21. The molecule has 1 atom stereocenters. The van der Waals surface area contributed by atoms with Gasteiger partial charge in [0.15, 0.2) is 0 Å². The quantitative estimate of drug-likeness (QED) is 0.906. The van der Waals surface area contributed by atoms with Gasteiger partial charge in [0, 0.05) is 11.6 Å². The Labute approximate surface area is 104 Å². The number of rotatable bonds is 4. The number of methoxy groups -OCH3 is 2. The summed E-state index contributed by atoms with van der Waals surface area (Å²) < 4.78 is 10.4. The Morgan fingerprint density at radius 3 is 2.59 bits per heavy atom. The van der Waals surface area contributed by atoms with Crippen LogP contribution in [0.4, 0.5) is 0 Å². The van der Waals surface area contributed by atoms with E-state index in [1.807, 2.05) is 29.0 Å². The first-order valence-corrected chi connectivity index (χ1v) is 6.12. The molecule has 0 saturated heterocycles. The molecule has 3 nitrogen and oxygen atoms in total. The number of hydrogen-bond acceptors (Lipinski definition) is 4. The minimum atomic E-state index is -0.665. The molecule has 1 aromatic carbocycles. The van der Waals surface area contributed by atoms with Crippen molar-refractivity contribution < 1.29 is 14.6 Å². The van der Waals surface area contributed by atoms with E-state index in [1.165, 1.54) is 0 Å². The van der Waals surface area contributed by atoms with E-state index in [4.69, 9.17) is 9.47 Å². The molecule has 2 aromatic rings. The lowest BCUT2D eigenvalue weighted by molar-refractivity contribution is 0.215. The van der Waals surface area contributed by atoms with Crippen molar-refractivity contribution in [3.05, 3.63) is 46.2 Å². The molecule has 0 unspecified atom stereocenters. The molecule has 0 aliphatic carbocycles. The normalized spacial score (nSPS) is 12.2. The maximum absolute atomic E-state index is 10.2. The van der Waals surface area contributed by atoms with Gasteiger partial charge in [0.05, 0.1) is 14.2 Å². The number of thiophene rings is 1. The Kier molecular flexibility index (Phi) is 3.66. The van der Waals surface area contributed by atoms with Gasteiger partial charge in [0.25, 0.3) is 0 Å². The lowest BCUT2D eigenvalue weighted by Crippen LogP contribution is -2.01. The fraction of sp³-hybridized carbons (Fsp3) is 0.231. The molecule has 90 valence electrons. The van der Waals surface area contributed by atoms with Crippen molar-refractivity contribution in [1.29, 1.82) is 0 Å². The van der Waals surface area contributed by atoms with Crippen LogP contribution in [0.1, 0.15) is 17.2 Å². The van der Waals surface area contributed by atoms with Gasteiger partial charge in [-0.1, -0.05) is 0 Å². The van der Waals surface area contributed by atoms with Crippen LogP contribution in [0, 0.1) is 0 Å². The summed E-state index contributed by atoms with van der Waals surface area (Å²) in [6, 6.07) is 7.30. The van der Waals surface area contributed by atoms with Gasteiger partial charge in [0.2, 0.25) is 0 Å². The average Bonchev–Trinajstić information content (AvgIpc) is 2.91. The molecular formula is C13H14O3S. The Morgan fingerprint density at radius 1 is 1.18 bits per heavy atom. The summed E-state index contributed by atoms with van der Waals surface area (Å²) >= 11 is 1.56. The first-order valence-electron chi connectivity index (χ1n) is 5.18. The monoisotopic (exact) mass is 250 g/mol. The van der Waals surface area contributed by atoms with Gasteiger partial charge >= 0.3 is 0 Å². The lowest BCUT2D eigenvalue weighted by Gasteiger charge is -2.14. The second-order valence-electron chi connectivity index (χ2n) is 3.57. The lowest BCUT2D eigenvalue weighted by atomic mass is 10.0. The molecular weight excluding hydrogens is 236 g/mol. The van der Waals surface area contributed by atoms with Crippen LogP contribution in [0.25, 0.3) is 0 Å². The molecule has 0 saturated carbocycles. The predicted molar refractivity (Wildman–Crippen MR) is 67.9 cm³/mol. The topological polar surface area (TPSA) is 38.7 Å². The van der Waals surface area contributed by atoms with Crippen LogP contribution in [0.5, 0.6) is 11.5 Å². The van der Waals surface area contributed by atoms with Crippen LogP contribution in [0.3, 0.4) is 0 Å². The van der Waals surface area contributed by atoms with Crippen molar-refractivity contribution in [3.8, 4) is 11.5 Å². The van der Waals surface area contributed by atoms with E-state index in [9.17, 15) is 5.11 Å². The third-order valence-electron chi connectivity index (χ3n) is 2.59. The highest BCUT2D eigenvalue weighted by Gasteiger charge is 2.16. The highest BCUT2D eigenvalue weighted by atomic mass is 32.1. The Bertz CT molecular complexity index is 479. The number of aliphatic hydroxyl groups is 1. The van der Waals surface area contributed by atoms with Crippen LogP contribution in [0.2, 0.25) is 0 Å². The molecule has 0 bridgehead atoms. The third kappa shape index (κ3) is 2.43. The molecule has 0 fully saturated rings. The molecule has 2 rings (SSSR count). The van der Waals surface area contributed by atoms with E-state index < -0.39 is 6.10 Å². The fourth-order valence-corrected chi connectivity index (χ4v) is 2.33. The van der Waals surface area contributed by atoms with E-state index in [1.54, 1.807) is 31.6 Å². The molecule has 1 aromatic heterocycles. The Hall–Kier alpha value is -1.52. The molecule has 1 heterocycles. The van der Waals surface area contributed by atoms with Gasteiger partial charge in [-0.25, -0.2) is 0 Å². The Morgan fingerprint density at radius 2 is 2.00 bits per heavy atom. The minimum Gasteiger partial charge on any atom is -0.497 e. The summed E-state index contributed by atoms with van der Waals surface area (Å²) in [5.74, 6) is 1.34. The zero-order valence-corrected chi connectivity index (χ0v) is 10.5. The zero-order chi connectivity index (χ0) is 12.3. The SMILES string of the molecule is COc1ccc([C@@H](O)c2ccsc2)c(OC)c1. The molecule has 17 heavy (non-hydrogen) atoms. The van der Waals surface area contributed by atoms with Crippen molar-refractivity contribution in [3.63, 3.8) is 0 Å². The molecule has 0 aliphatic heterocycles. The van der Waals surface area contributed by atoms with Crippen LogP contribution >= 0.6 is 11.3 Å². The number of aliphatic hydroxyl groups excluding tert-OH is 1. The highest BCUT2D eigenvalue weighted by Crippen LogP contribution is 2.33. The van der Waals surface area contributed by atoms with E-state index in [0.717, 1.165) is 11.1 Å². The summed E-state index contributed by atoms with van der Waals surface area (Å²) in [5, 5.41) is 14.1. The largest absolute Gasteiger partial charge is 0.497 e. The molecule has 0 aliphatic rings. The summed E-state index contributed by atoms with van der Waals surface area (Å²) in [5.41, 5.74) is 1.62.